The molecule has 1 N–H and O–H groups in total. The van der Waals surface area contributed by atoms with E-state index in [0.717, 1.165) is 19.3 Å². The summed E-state index contributed by atoms with van der Waals surface area (Å²) in [6.07, 6.45) is 4.75. The Kier molecular flexibility index (Phi) is 5.15. The van der Waals surface area contributed by atoms with Crippen LogP contribution in [0, 0.1) is 0 Å². The first-order valence-electron chi connectivity index (χ1n) is 8.30. The maximum atomic E-state index is 12.5. The van der Waals surface area contributed by atoms with Gasteiger partial charge in [-0.25, -0.2) is 4.79 Å². The van der Waals surface area contributed by atoms with Crippen LogP contribution in [-0.2, 0) is 24.1 Å². The largest absolute Gasteiger partial charge is 0.383 e. The van der Waals surface area contributed by atoms with Crippen molar-refractivity contribution in [3.8, 4) is 0 Å². The molecule has 1 heterocycles. The average Bonchev–Trinajstić information content (AvgIpc) is 3.06. The molecule has 0 unspecified atom stereocenters. The molecule has 0 bridgehead atoms. The van der Waals surface area contributed by atoms with E-state index < -0.39 is 0 Å². The van der Waals surface area contributed by atoms with Crippen LogP contribution in [0.5, 0.6) is 0 Å². The molecule has 3 rings (SSSR count). The lowest BCUT2D eigenvalue weighted by atomic mass is 9.88. The van der Waals surface area contributed by atoms with Crippen molar-refractivity contribution in [3.05, 3.63) is 47.7 Å². The number of aryl methyl sites for hydroxylation is 1. The van der Waals surface area contributed by atoms with Crippen molar-refractivity contribution in [1.29, 1.82) is 0 Å². The van der Waals surface area contributed by atoms with Gasteiger partial charge in [0, 0.05) is 32.5 Å². The summed E-state index contributed by atoms with van der Waals surface area (Å²) in [5.41, 5.74) is 2.75. The highest BCUT2D eigenvalue weighted by Gasteiger charge is 2.25. The van der Waals surface area contributed by atoms with Gasteiger partial charge in [-0.05, 0) is 30.4 Å². The van der Waals surface area contributed by atoms with E-state index in [1.807, 2.05) is 13.2 Å². The second kappa shape index (κ2) is 7.49. The van der Waals surface area contributed by atoms with Gasteiger partial charge >= 0.3 is 6.03 Å². The molecular weight excluding hydrogens is 304 g/mol. The average molecular weight is 328 g/mol. The molecule has 128 valence electrons. The van der Waals surface area contributed by atoms with Crippen LogP contribution in [-0.4, -0.2) is 47.5 Å². The molecule has 0 spiro atoms. The zero-order valence-electron chi connectivity index (χ0n) is 14.2. The number of nitrogens with one attached hydrogen (secondary N) is 1. The van der Waals surface area contributed by atoms with Crippen LogP contribution in [0.3, 0.4) is 0 Å². The van der Waals surface area contributed by atoms with Crippen LogP contribution in [0.4, 0.5) is 10.6 Å². The number of methoxy groups -OCH3 is 1. The maximum absolute atomic E-state index is 12.5. The Balaban J connectivity index is 1.58. The number of anilines is 1. The number of hydrogen-bond donors (Lipinski definition) is 1. The molecule has 1 aromatic heterocycles. The summed E-state index contributed by atoms with van der Waals surface area (Å²) >= 11 is 0. The molecule has 1 aromatic carbocycles. The summed E-state index contributed by atoms with van der Waals surface area (Å²) in [6.45, 7) is 1.26. The number of aromatic nitrogens is 2. The van der Waals surface area contributed by atoms with Gasteiger partial charge in [0.25, 0.3) is 0 Å². The molecule has 6 nitrogen and oxygen atoms in total. The van der Waals surface area contributed by atoms with E-state index >= 15 is 0 Å². The van der Waals surface area contributed by atoms with Gasteiger partial charge in [0.2, 0.25) is 0 Å². The van der Waals surface area contributed by atoms with Crippen molar-refractivity contribution in [1.82, 2.24) is 14.7 Å². The van der Waals surface area contributed by atoms with E-state index in [4.69, 9.17) is 4.74 Å². The van der Waals surface area contributed by atoms with Gasteiger partial charge in [-0.3, -0.25) is 10.00 Å². The number of rotatable bonds is 5. The molecule has 1 aliphatic carbocycles. The first kappa shape index (κ1) is 16.5. The number of carbonyl (C=O) groups excluding carboxylic acids is 1. The fourth-order valence-electron chi connectivity index (χ4n) is 3.11. The molecule has 0 radical (unpaired) electrons. The fraction of sp³-hybridized carbons (Fsp3) is 0.444. The Labute approximate surface area is 142 Å². The first-order valence-corrected chi connectivity index (χ1v) is 8.30. The van der Waals surface area contributed by atoms with Gasteiger partial charge in [-0.1, -0.05) is 24.3 Å². The van der Waals surface area contributed by atoms with E-state index in [-0.39, 0.29) is 12.1 Å². The zero-order valence-corrected chi connectivity index (χ0v) is 14.2. The van der Waals surface area contributed by atoms with Gasteiger partial charge in [-0.15, -0.1) is 0 Å². The molecule has 1 atom stereocenters. The summed E-state index contributed by atoms with van der Waals surface area (Å²) in [7, 11) is 3.51. The lowest BCUT2D eigenvalue weighted by molar-refractivity contribution is 0.183. The molecule has 0 saturated carbocycles. The maximum Gasteiger partial charge on any atom is 0.323 e. The minimum Gasteiger partial charge on any atom is -0.383 e. The predicted molar refractivity (Wildman–Crippen MR) is 93.1 cm³/mol. The third-order valence-corrected chi connectivity index (χ3v) is 4.59. The Hall–Kier alpha value is -2.34. The normalized spacial score (nSPS) is 16.5. The molecule has 0 fully saturated rings. The number of amides is 2. The van der Waals surface area contributed by atoms with Gasteiger partial charge in [0.15, 0.2) is 5.82 Å². The highest BCUT2D eigenvalue weighted by Crippen LogP contribution is 2.24. The SMILES string of the molecule is COCCn1ccc(NC(=O)N(C)[C@H]2CCc3ccccc3C2)n1. The first-order chi connectivity index (χ1) is 11.7. The second-order valence-corrected chi connectivity index (χ2v) is 6.16. The fourth-order valence-corrected chi connectivity index (χ4v) is 3.11. The molecular formula is C18H24N4O2. The topological polar surface area (TPSA) is 59.4 Å². The Bertz CT molecular complexity index is 698. The molecule has 2 aromatic rings. The number of fused-ring (bicyclic) bond motifs is 1. The summed E-state index contributed by atoms with van der Waals surface area (Å²) in [6, 6.07) is 10.4. The van der Waals surface area contributed by atoms with E-state index in [1.54, 1.807) is 22.8 Å². The van der Waals surface area contributed by atoms with Gasteiger partial charge in [0.1, 0.15) is 0 Å². The molecule has 24 heavy (non-hydrogen) atoms. The van der Waals surface area contributed by atoms with E-state index in [1.165, 1.54) is 11.1 Å². The van der Waals surface area contributed by atoms with Crippen LogP contribution in [0.2, 0.25) is 0 Å². The number of ether oxygens (including phenoxy) is 1. The van der Waals surface area contributed by atoms with Crippen molar-refractivity contribution in [3.63, 3.8) is 0 Å². The van der Waals surface area contributed by atoms with Crippen LogP contribution in [0.25, 0.3) is 0 Å². The summed E-state index contributed by atoms with van der Waals surface area (Å²) in [5, 5.41) is 7.20. The Morgan fingerprint density at radius 1 is 1.38 bits per heavy atom. The van der Waals surface area contributed by atoms with Crippen molar-refractivity contribution < 1.29 is 9.53 Å². The molecule has 6 heteroatoms. The van der Waals surface area contributed by atoms with Gasteiger partial charge < -0.3 is 9.64 Å². The van der Waals surface area contributed by atoms with Crippen LogP contribution >= 0.6 is 0 Å². The number of carbonyl (C=O) groups is 1. The predicted octanol–water partition coefficient (Wildman–Crippen LogP) is 2.55. The van der Waals surface area contributed by atoms with Crippen molar-refractivity contribution in [2.24, 2.45) is 0 Å². The summed E-state index contributed by atoms with van der Waals surface area (Å²) < 4.78 is 6.79. The number of benzene rings is 1. The van der Waals surface area contributed by atoms with E-state index in [0.29, 0.717) is 19.0 Å². The minimum absolute atomic E-state index is 0.114. The summed E-state index contributed by atoms with van der Waals surface area (Å²) in [5.74, 6) is 0.569. The number of nitrogens with zero attached hydrogens (tertiary/aromatic N) is 3. The lowest BCUT2D eigenvalue weighted by Gasteiger charge is -2.32. The van der Waals surface area contributed by atoms with Crippen LogP contribution in [0.15, 0.2) is 36.5 Å². The summed E-state index contributed by atoms with van der Waals surface area (Å²) in [4.78, 5) is 14.3. The number of likely N-dealkylation sites (N-methyl/N-ethyl adjacent to an activating group) is 1. The van der Waals surface area contributed by atoms with Crippen molar-refractivity contribution >= 4 is 11.8 Å². The van der Waals surface area contributed by atoms with Gasteiger partial charge in [-0.2, -0.15) is 5.10 Å². The van der Waals surface area contributed by atoms with Crippen molar-refractivity contribution in [2.45, 2.75) is 31.8 Å². The zero-order chi connectivity index (χ0) is 16.9. The number of urea groups is 1. The molecule has 2 amide bonds. The monoisotopic (exact) mass is 328 g/mol. The quantitative estimate of drug-likeness (QED) is 0.917. The van der Waals surface area contributed by atoms with E-state index in [2.05, 4.69) is 34.7 Å². The minimum atomic E-state index is -0.114. The number of hydrogen-bond acceptors (Lipinski definition) is 3. The Morgan fingerprint density at radius 3 is 2.96 bits per heavy atom. The third kappa shape index (κ3) is 3.76. The van der Waals surface area contributed by atoms with Crippen LogP contribution in [0.1, 0.15) is 17.5 Å². The Morgan fingerprint density at radius 2 is 2.17 bits per heavy atom. The van der Waals surface area contributed by atoms with E-state index in [9.17, 15) is 4.79 Å². The smallest absolute Gasteiger partial charge is 0.323 e. The third-order valence-electron chi connectivity index (χ3n) is 4.59. The van der Waals surface area contributed by atoms with Crippen LogP contribution < -0.4 is 5.32 Å². The second-order valence-electron chi connectivity index (χ2n) is 6.16. The highest BCUT2D eigenvalue weighted by atomic mass is 16.5. The standard InChI is InChI=1S/C18H24N4O2/c1-21(16-8-7-14-5-3-4-6-15(14)13-16)18(23)19-17-9-10-22(20-17)11-12-24-2/h3-6,9-10,16H,7-8,11-13H2,1-2H3,(H,19,20,23)/t16-/m0/s1. The highest BCUT2D eigenvalue weighted by molar-refractivity contribution is 5.88. The van der Waals surface area contributed by atoms with Crippen molar-refractivity contribution in [2.75, 3.05) is 26.1 Å². The lowest BCUT2D eigenvalue weighted by Crippen LogP contribution is -2.42. The van der Waals surface area contributed by atoms with Gasteiger partial charge in [0.05, 0.1) is 13.2 Å². The molecule has 0 aliphatic heterocycles. The molecule has 0 saturated heterocycles. The molecule has 1 aliphatic rings.